The van der Waals surface area contributed by atoms with Crippen LogP contribution in [0.2, 0.25) is 0 Å². The highest BCUT2D eigenvalue weighted by molar-refractivity contribution is 5.82. The van der Waals surface area contributed by atoms with Crippen molar-refractivity contribution in [1.29, 1.82) is 0 Å². The number of carbonyl (C=O) groups excluding carboxylic acids is 1. The van der Waals surface area contributed by atoms with Gasteiger partial charge >= 0.3 is 6.47 Å². The largest absolute Gasteiger partial charge is 0.373 e. The van der Waals surface area contributed by atoms with Crippen molar-refractivity contribution < 1.29 is 9.63 Å². The van der Waals surface area contributed by atoms with E-state index in [1.54, 1.807) is 0 Å². The monoisotopic (exact) mass is 201 g/mol. The maximum atomic E-state index is 9.92. The van der Waals surface area contributed by atoms with Crippen molar-refractivity contribution >= 4 is 17.2 Å². The molecule has 1 N–H and O–H groups in total. The van der Waals surface area contributed by atoms with E-state index >= 15 is 0 Å². The molecule has 0 atom stereocenters. The highest BCUT2D eigenvalue weighted by Gasteiger charge is 1.95. The summed E-state index contributed by atoms with van der Waals surface area (Å²) in [6, 6.07) is 14.2. The van der Waals surface area contributed by atoms with Crippen molar-refractivity contribution in [2.24, 2.45) is 0 Å². The highest BCUT2D eigenvalue weighted by Crippen LogP contribution is 2.15. The second-order valence-corrected chi connectivity index (χ2v) is 3.22. The number of hydroxylamine groups is 1. The summed E-state index contributed by atoms with van der Waals surface area (Å²) in [7, 11) is 0. The van der Waals surface area contributed by atoms with Gasteiger partial charge in [0.05, 0.1) is 6.54 Å². The lowest BCUT2D eigenvalue weighted by molar-refractivity contribution is -0.135. The van der Waals surface area contributed by atoms with E-state index in [9.17, 15) is 4.79 Å². The first-order valence-corrected chi connectivity index (χ1v) is 4.70. The molecule has 76 valence electrons. The number of benzene rings is 2. The third-order valence-corrected chi connectivity index (χ3v) is 2.22. The van der Waals surface area contributed by atoms with Gasteiger partial charge in [0, 0.05) is 0 Å². The molecule has 0 aromatic heterocycles. The molecular weight excluding hydrogens is 190 g/mol. The Bertz CT molecular complexity index is 468. The highest BCUT2D eigenvalue weighted by atomic mass is 16.7. The Hall–Kier alpha value is -1.87. The number of carbonyl (C=O) groups is 1. The fourth-order valence-corrected chi connectivity index (χ4v) is 1.51. The summed E-state index contributed by atoms with van der Waals surface area (Å²) in [4.78, 5) is 14.3. The van der Waals surface area contributed by atoms with Crippen LogP contribution in [0.5, 0.6) is 0 Å². The molecule has 15 heavy (non-hydrogen) atoms. The van der Waals surface area contributed by atoms with Crippen LogP contribution >= 0.6 is 0 Å². The minimum absolute atomic E-state index is 0.376. The predicted molar refractivity (Wildman–Crippen MR) is 57.9 cm³/mol. The van der Waals surface area contributed by atoms with Crippen LogP contribution in [0, 0.1) is 0 Å². The molecule has 3 heteroatoms. The van der Waals surface area contributed by atoms with Gasteiger partial charge in [0.2, 0.25) is 0 Å². The maximum absolute atomic E-state index is 9.92. The van der Waals surface area contributed by atoms with Crippen molar-refractivity contribution in [3.8, 4) is 0 Å². The zero-order valence-corrected chi connectivity index (χ0v) is 8.14. The first-order chi connectivity index (χ1) is 7.40. The van der Waals surface area contributed by atoms with Crippen LogP contribution in [0.25, 0.3) is 10.8 Å². The first-order valence-electron chi connectivity index (χ1n) is 4.70. The predicted octanol–water partition coefficient (Wildman–Crippen LogP) is 2.02. The van der Waals surface area contributed by atoms with E-state index in [0.29, 0.717) is 13.0 Å². The number of rotatable bonds is 4. The quantitative estimate of drug-likeness (QED) is 0.467. The summed E-state index contributed by atoms with van der Waals surface area (Å²) in [5.74, 6) is 0. The number of hydrogen-bond donors (Lipinski definition) is 1. The van der Waals surface area contributed by atoms with Gasteiger partial charge in [-0.2, -0.15) is 0 Å². The average Bonchev–Trinajstić information content (AvgIpc) is 2.29. The van der Waals surface area contributed by atoms with Gasteiger partial charge < -0.3 is 4.84 Å². The second kappa shape index (κ2) is 4.57. The number of nitrogens with one attached hydrogen (secondary N) is 1. The lowest BCUT2D eigenvalue weighted by atomic mass is 10.1. The Morgan fingerprint density at radius 2 is 1.93 bits per heavy atom. The van der Waals surface area contributed by atoms with Crippen LogP contribution in [0.1, 0.15) is 5.56 Å². The Kier molecular flexibility index (Phi) is 2.95. The fraction of sp³-hybridized carbons (Fsp3) is 0.0833. The van der Waals surface area contributed by atoms with E-state index in [2.05, 4.69) is 28.5 Å². The van der Waals surface area contributed by atoms with Crippen molar-refractivity contribution in [3.05, 3.63) is 48.0 Å². The SMILES string of the molecule is O=CONCc1ccc2ccccc2c1. The van der Waals surface area contributed by atoms with Crippen LogP contribution < -0.4 is 5.48 Å². The number of fused-ring (bicyclic) bond motifs is 1. The standard InChI is InChI=1S/C12H11NO2/c14-9-15-13-8-10-5-6-11-3-1-2-4-12(11)7-10/h1-7,9,13H,8H2. The Morgan fingerprint density at radius 3 is 2.73 bits per heavy atom. The molecule has 0 spiro atoms. The molecular formula is C12H11NO2. The smallest absolute Gasteiger partial charge is 0.312 e. The molecule has 0 amide bonds. The summed E-state index contributed by atoms with van der Waals surface area (Å²) in [5, 5.41) is 2.39. The van der Waals surface area contributed by atoms with Gasteiger partial charge in [-0.1, -0.05) is 36.4 Å². The van der Waals surface area contributed by atoms with Crippen LogP contribution in [-0.2, 0) is 16.2 Å². The van der Waals surface area contributed by atoms with Gasteiger partial charge in [-0.25, -0.2) is 0 Å². The van der Waals surface area contributed by atoms with Crippen LogP contribution in [0.4, 0.5) is 0 Å². The summed E-state index contributed by atoms with van der Waals surface area (Å²) in [6.45, 7) is 0.893. The molecule has 0 aliphatic rings. The van der Waals surface area contributed by atoms with E-state index in [0.717, 1.165) is 5.56 Å². The van der Waals surface area contributed by atoms with E-state index in [-0.39, 0.29) is 0 Å². The molecule has 0 aliphatic carbocycles. The molecule has 0 fully saturated rings. The van der Waals surface area contributed by atoms with Gasteiger partial charge in [0.15, 0.2) is 0 Å². The van der Waals surface area contributed by atoms with E-state index in [4.69, 9.17) is 0 Å². The molecule has 0 aliphatic heterocycles. The summed E-state index contributed by atoms with van der Waals surface area (Å²) in [5.41, 5.74) is 3.63. The van der Waals surface area contributed by atoms with Gasteiger partial charge in [-0.3, -0.25) is 4.79 Å². The first kappa shape index (κ1) is 9.68. The lowest BCUT2D eigenvalue weighted by Gasteiger charge is -2.03. The molecule has 3 nitrogen and oxygen atoms in total. The molecule has 0 heterocycles. The molecule has 0 saturated carbocycles. The summed E-state index contributed by atoms with van der Waals surface area (Å²) in [6.07, 6.45) is 0. The molecule has 2 aromatic rings. The van der Waals surface area contributed by atoms with E-state index < -0.39 is 0 Å². The van der Waals surface area contributed by atoms with E-state index in [1.807, 2.05) is 24.3 Å². The van der Waals surface area contributed by atoms with Gasteiger partial charge in [0.1, 0.15) is 0 Å². The zero-order chi connectivity index (χ0) is 10.5. The molecule has 2 rings (SSSR count). The molecule has 0 bridgehead atoms. The van der Waals surface area contributed by atoms with Crippen molar-refractivity contribution in [2.75, 3.05) is 0 Å². The Balaban J connectivity index is 2.19. The molecule has 0 radical (unpaired) electrons. The van der Waals surface area contributed by atoms with Crippen molar-refractivity contribution in [2.45, 2.75) is 6.54 Å². The summed E-state index contributed by atoms with van der Waals surface area (Å²) >= 11 is 0. The normalized spacial score (nSPS) is 10.1. The van der Waals surface area contributed by atoms with Gasteiger partial charge in [-0.15, -0.1) is 5.48 Å². The average molecular weight is 201 g/mol. The third-order valence-electron chi connectivity index (χ3n) is 2.22. The van der Waals surface area contributed by atoms with Gasteiger partial charge in [-0.05, 0) is 22.4 Å². The minimum Gasteiger partial charge on any atom is -0.373 e. The molecule has 0 unspecified atom stereocenters. The van der Waals surface area contributed by atoms with E-state index in [1.165, 1.54) is 10.8 Å². The molecule has 0 saturated heterocycles. The fourth-order valence-electron chi connectivity index (χ4n) is 1.51. The number of hydrogen-bond acceptors (Lipinski definition) is 3. The zero-order valence-electron chi connectivity index (χ0n) is 8.14. The lowest BCUT2D eigenvalue weighted by Crippen LogP contribution is -2.12. The minimum atomic E-state index is 0.376. The Morgan fingerprint density at radius 1 is 1.13 bits per heavy atom. The molecule has 2 aromatic carbocycles. The van der Waals surface area contributed by atoms with Crippen LogP contribution in [0.3, 0.4) is 0 Å². The second-order valence-electron chi connectivity index (χ2n) is 3.22. The summed E-state index contributed by atoms with van der Waals surface area (Å²) < 4.78 is 0. The van der Waals surface area contributed by atoms with Gasteiger partial charge in [0.25, 0.3) is 0 Å². The van der Waals surface area contributed by atoms with Crippen molar-refractivity contribution in [3.63, 3.8) is 0 Å². The Labute approximate surface area is 87.6 Å². The maximum Gasteiger partial charge on any atom is 0.312 e. The van der Waals surface area contributed by atoms with Crippen molar-refractivity contribution in [1.82, 2.24) is 5.48 Å². The third kappa shape index (κ3) is 2.33. The van der Waals surface area contributed by atoms with Crippen LogP contribution in [-0.4, -0.2) is 6.47 Å². The van der Waals surface area contributed by atoms with Crippen LogP contribution in [0.15, 0.2) is 42.5 Å². The topological polar surface area (TPSA) is 38.3 Å².